The van der Waals surface area contributed by atoms with Crippen LogP contribution in [0, 0.1) is 10.1 Å². The van der Waals surface area contributed by atoms with Crippen LogP contribution in [0.25, 0.3) is 0 Å². The molecule has 8 nitrogen and oxygen atoms in total. The Morgan fingerprint density at radius 1 is 1.56 bits per heavy atom. The number of rotatable bonds is 4. The van der Waals surface area contributed by atoms with Gasteiger partial charge in [-0.15, -0.1) is 0 Å². The van der Waals surface area contributed by atoms with Gasteiger partial charge in [-0.3, -0.25) is 10.1 Å². The molecule has 1 aliphatic rings. The van der Waals surface area contributed by atoms with Gasteiger partial charge in [-0.2, -0.15) is 4.98 Å². The minimum absolute atomic E-state index is 0.0403. The number of nitrogens with two attached hydrogens (primary N) is 1. The number of nitro groups is 1. The maximum atomic E-state index is 10.8. The molecule has 4 N–H and O–H groups in total. The highest BCUT2D eigenvalue weighted by Crippen LogP contribution is 2.30. The molecule has 0 atom stereocenters. The molecule has 1 aromatic rings. The largest absolute Gasteiger partial charge is 0.388 e. The van der Waals surface area contributed by atoms with Gasteiger partial charge in [0.15, 0.2) is 0 Å². The van der Waals surface area contributed by atoms with Gasteiger partial charge >= 0.3 is 5.69 Å². The predicted molar refractivity (Wildman–Crippen MR) is 65.0 cm³/mol. The molecule has 1 saturated carbocycles. The van der Waals surface area contributed by atoms with E-state index in [1.807, 2.05) is 0 Å². The average Bonchev–Trinajstić information content (AvgIpc) is 2.74. The molecule has 0 saturated heterocycles. The van der Waals surface area contributed by atoms with Gasteiger partial charge in [0.1, 0.15) is 6.20 Å². The minimum atomic E-state index is -0.812. The van der Waals surface area contributed by atoms with Gasteiger partial charge in [0.2, 0.25) is 11.8 Å². The Kier molecular flexibility index (Phi) is 3.28. The third kappa shape index (κ3) is 2.65. The van der Waals surface area contributed by atoms with Crippen molar-refractivity contribution in [3.63, 3.8) is 0 Å². The lowest BCUT2D eigenvalue weighted by Gasteiger charge is -2.22. The molecule has 0 amide bonds. The van der Waals surface area contributed by atoms with Gasteiger partial charge < -0.3 is 16.2 Å². The maximum absolute atomic E-state index is 10.8. The lowest BCUT2D eigenvalue weighted by Crippen LogP contribution is -2.33. The molecule has 1 aromatic heterocycles. The summed E-state index contributed by atoms with van der Waals surface area (Å²) in [6.45, 7) is 0.226. The fourth-order valence-electron chi connectivity index (χ4n) is 2.11. The first-order chi connectivity index (χ1) is 8.50. The van der Waals surface area contributed by atoms with Gasteiger partial charge in [-0.05, 0) is 12.8 Å². The molecule has 0 unspecified atom stereocenters. The van der Waals surface area contributed by atoms with Crippen LogP contribution in [0.4, 0.5) is 17.5 Å². The average molecular weight is 253 g/mol. The molecule has 1 aliphatic carbocycles. The molecule has 0 radical (unpaired) electrons. The second-order valence-corrected chi connectivity index (χ2v) is 4.50. The molecule has 8 heteroatoms. The lowest BCUT2D eigenvalue weighted by molar-refractivity contribution is -0.384. The summed E-state index contributed by atoms with van der Waals surface area (Å²) in [4.78, 5) is 17.6. The predicted octanol–water partition coefficient (Wildman–Crippen LogP) is 0.684. The Morgan fingerprint density at radius 3 is 2.83 bits per heavy atom. The second-order valence-electron chi connectivity index (χ2n) is 4.50. The van der Waals surface area contributed by atoms with Crippen LogP contribution < -0.4 is 11.1 Å². The molecule has 0 aromatic carbocycles. The van der Waals surface area contributed by atoms with Gasteiger partial charge in [-0.25, -0.2) is 4.98 Å². The minimum Gasteiger partial charge on any atom is -0.388 e. The van der Waals surface area contributed by atoms with E-state index in [2.05, 4.69) is 15.3 Å². The molecule has 18 heavy (non-hydrogen) atoms. The van der Waals surface area contributed by atoms with Crippen molar-refractivity contribution >= 4 is 17.5 Å². The third-order valence-corrected chi connectivity index (χ3v) is 3.10. The molecular formula is C10H15N5O3. The molecule has 1 heterocycles. The van der Waals surface area contributed by atoms with Crippen molar-refractivity contribution in [3.8, 4) is 0 Å². The number of aromatic nitrogens is 2. The standard InChI is InChI=1S/C10H15N5O3/c11-9-12-5-7(15(17)18)8(14-9)13-6-10(16)3-1-2-4-10/h5,16H,1-4,6H2,(H3,11,12,13,14). The quantitative estimate of drug-likeness (QED) is 0.531. The number of anilines is 2. The van der Waals surface area contributed by atoms with E-state index in [0.29, 0.717) is 12.8 Å². The van der Waals surface area contributed by atoms with Crippen LogP contribution in [-0.2, 0) is 0 Å². The number of nitrogens with one attached hydrogen (secondary N) is 1. The van der Waals surface area contributed by atoms with E-state index in [1.165, 1.54) is 0 Å². The Labute approximate surface area is 103 Å². The zero-order valence-corrected chi connectivity index (χ0v) is 9.80. The molecular weight excluding hydrogens is 238 g/mol. The van der Waals surface area contributed by atoms with Gasteiger partial charge in [0.25, 0.3) is 0 Å². The van der Waals surface area contributed by atoms with Crippen molar-refractivity contribution < 1.29 is 10.0 Å². The summed E-state index contributed by atoms with van der Waals surface area (Å²) < 4.78 is 0. The fourth-order valence-corrected chi connectivity index (χ4v) is 2.11. The number of aliphatic hydroxyl groups is 1. The highest BCUT2D eigenvalue weighted by Gasteiger charge is 2.31. The Morgan fingerprint density at radius 2 is 2.22 bits per heavy atom. The summed E-state index contributed by atoms with van der Waals surface area (Å²) in [6.07, 6.45) is 4.37. The summed E-state index contributed by atoms with van der Waals surface area (Å²) in [5.41, 5.74) is 4.34. The van der Waals surface area contributed by atoms with Crippen molar-refractivity contribution in [1.29, 1.82) is 0 Å². The summed E-state index contributed by atoms with van der Waals surface area (Å²) in [5, 5.41) is 23.7. The zero-order chi connectivity index (χ0) is 13.2. The van der Waals surface area contributed by atoms with Crippen LogP contribution in [0.3, 0.4) is 0 Å². The summed E-state index contributed by atoms with van der Waals surface area (Å²) in [5.74, 6) is 0.00865. The zero-order valence-electron chi connectivity index (χ0n) is 9.80. The summed E-state index contributed by atoms with van der Waals surface area (Å²) >= 11 is 0. The van der Waals surface area contributed by atoms with E-state index in [-0.39, 0.29) is 24.0 Å². The van der Waals surface area contributed by atoms with Crippen molar-refractivity contribution in [2.24, 2.45) is 0 Å². The van der Waals surface area contributed by atoms with E-state index in [1.54, 1.807) is 0 Å². The second kappa shape index (κ2) is 4.73. The number of hydrogen-bond acceptors (Lipinski definition) is 7. The van der Waals surface area contributed by atoms with E-state index in [9.17, 15) is 15.2 Å². The topological polar surface area (TPSA) is 127 Å². The molecule has 0 spiro atoms. The SMILES string of the molecule is Nc1ncc([N+](=O)[O-])c(NCC2(O)CCCC2)n1. The Bertz CT molecular complexity index is 459. The molecule has 0 aliphatic heterocycles. The third-order valence-electron chi connectivity index (χ3n) is 3.10. The monoisotopic (exact) mass is 253 g/mol. The number of nitrogen functional groups attached to an aromatic ring is 1. The van der Waals surface area contributed by atoms with Crippen molar-refractivity contribution in [2.45, 2.75) is 31.3 Å². The van der Waals surface area contributed by atoms with E-state index in [0.717, 1.165) is 19.0 Å². The van der Waals surface area contributed by atoms with Crippen LogP contribution in [-0.4, -0.2) is 32.1 Å². The Balaban J connectivity index is 2.12. The highest BCUT2D eigenvalue weighted by atomic mass is 16.6. The molecule has 1 fully saturated rings. The van der Waals surface area contributed by atoms with Crippen molar-refractivity contribution in [1.82, 2.24) is 9.97 Å². The van der Waals surface area contributed by atoms with Gasteiger partial charge in [0.05, 0.1) is 10.5 Å². The first-order valence-electron chi connectivity index (χ1n) is 5.73. The van der Waals surface area contributed by atoms with Crippen LogP contribution in [0.1, 0.15) is 25.7 Å². The highest BCUT2D eigenvalue weighted by molar-refractivity contribution is 5.56. The molecule has 0 bridgehead atoms. The van der Waals surface area contributed by atoms with Crippen LogP contribution in [0.5, 0.6) is 0 Å². The van der Waals surface area contributed by atoms with E-state index in [4.69, 9.17) is 5.73 Å². The van der Waals surface area contributed by atoms with E-state index < -0.39 is 10.5 Å². The van der Waals surface area contributed by atoms with Gasteiger partial charge in [-0.1, -0.05) is 12.8 Å². The Hall–Kier alpha value is -1.96. The fraction of sp³-hybridized carbons (Fsp3) is 0.600. The van der Waals surface area contributed by atoms with Crippen LogP contribution in [0.15, 0.2) is 6.20 Å². The number of nitrogens with zero attached hydrogens (tertiary/aromatic N) is 3. The first kappa shape index (κ1) is 12.5. The summed E-state index contributed by atoms with van der Waals surface area (Å²) in [6, 6.07) is 0. The number of hydrogen-bond donors (Lipinski definition) is 3. The first-order valence-corrected chi connectivity index (χ1v) is 5.73. The van der Waals surface area contributed by atoms with Crippen molar-refractivity contribution in [3.05, 3.63) is 16.3 Å². The molecule has 98 valence electrons. The van der Waals surface area contributed by atoms with Gasteiger partial charge in [0, 0.05) is 6.54 Å². The lowest BCUT2D eigenvalue weighted by atomic mass is 10.0. The smallest absolute Gasteiger partial charge is 0.329 e. The summed E-state index contributed by atoms with van der Waals surface area (Å²) in [7, 11) is 0. The van der Waals surface area contributed by atoms with E-state index >= 15 is 0 Å². The molecule has 2 rings (SSSR count). The van der Waals surface area contributed by atoms with Crippen LogP contribution in [0.2, 0.25) is 0 Å². The van der Waals surface area contributed by atoms with Crippen LogP contribution >= 0.6 is 0 Å². The maximum Gasteiger partial charge on any atom is 0.329 e. The normalized spacial score (nSPS) is 17.6. The van der Waals surface area contributed by atoms with Crippen molar-refractivity contribution in [2.75, 3.05) is 17.6 Å².